The van der Waals surface area contributed by atoms with Crippen LogP contribution >= 0.6 is 0 Å². The molecule has 2 N–H and O–H groups in total. The van der Waals surface area contributed by atoms with Crippen LogP contribution in [0.25, 0.3) is 0 Å². The molecule has 4 aliphatic rings. The van der Waals surface area contributed by atoms with Crippen molar-refractivity contribution in [1.29, 1.82) is 0 Å². The Balaban J connectivity index is 1.82. The van der Waals surface area contributed by atoms with Gasteiger partial charge in [-0.1, -0.05) is 18.2 Å². The topological polar surface area (TPSA) is 43.1 Å². The number of methoxy groups -OCH3 is 1. The molecule has 2 aliphatic carbocycles. The number of quaternary nitrogens is 1. The zero-order valence-electron chi connectivity index (χ0n) is 13.0. The lowest BCUT2D eigenvalue weighted by atomic mass is 9.53. The number of likely N-dealkylation sites (N-methyl/N-ethyl adjacent to an activating group) is 1. The summed E-state index contributed by atoms with van der Waals surface area (Å²) < 4.78 is 11.8. The molecule has 4 heteroatoms. The summed E-state index contributed by atoms with van der Waals surface area (Å²) in [6.45, 7) is 1.14. The minimum atomic E-state index is -0.529. The van der Waals surface area contributed by atoms with Crippen molar-refractivity contribution in [2.45, 2.75) is 36.5 Å². The highest BCUT2D eigenvalue weighted by Gasteiger charge is 2.65. The first-order chi connectivity index (χ1) is 10.7. The zero-order chi connectivity index (χ0) is 15.1. The molecule has 1 unspecified atom stereocenters. The minimum Gasteiger partial charge on any atom is -0.493 e. The predicted molar refractivity (Wildman–Crippen MR) is 81.6 cm³/mol. The molecular weight excluding hydrogens is 278 g/mol. The molecule has 1 fully saturated rings. The Morgan fingerprint density at radius 2 is 2.23 bits per heavy atom. The quantitative estimate of drug-likeness (QED) is 0.722. The maximum absolute atomic E-state index is 10.6. The van der Waals surface area contributed by atoms with E-state index in [1.807, 2.05) is 12.1 Å². The average molecular weight is 300 g/mol. The van der Waals surface area contributed by atoms with Gasteiger partial charge >= 0.3 is 0 Å². The Morgan fingerprint density at radius 3 is 3.05 bits per heavy atom. The van der Waals surface area contributed by atoms with Crippen LogP contribution in [0.3, 0.4) is 0 Å². The van der Waals surface area contributed by atoms with Crippen LogP contribution in [0.2, 0.25) is 0 Å². The van der Waals surface area contributed by atoms with Gasteiger partial charge < -0.3 is 19.5 Å². The van der Waals surface area contributed by atoms with Crippen molar-refractivity contribution in [1.82, 2.24) is 0 Å². The number of hydrogen-bond acceptors (Lipinski definition) is 3. The van der Waals surface area contributed by atoms with Crippen molar-refractivity contribution in [2.24, 2.45) is 5.92 Å². The number of ether oxygens (including phenoxy) is 2. The van der Waals surface area contributed by atoms with E-state index in [0.717, 1.165) is 30.9 Å². The first kappa shape index (κ1) is 13.0. The summed E-state index contributed by atoms with van der Waals surface area (Å²) in [5, 5.41) is 10.6. The van der Waals surface area contributed by atoms with Gasteiger partial charge in [0.2, 0.25) is 0 Å². The van der Waals surface area contributed by atoms with E-state index in [4.69, 9.17) is 9.47 Å². The molecule has 4 nitrogen and oxygen atoms in total. The Hall–Kier alpha value is -1.52. The highest BCUT2D eigenvalue weighted by atomic mass is 16.5. The lowest BCUT2D eigenvalue weighted by Crippen LogP contribution is -3.16. The molecule has 1 saturated heterocycles. The molecular formula is C18H22NO3+. The van der Waals surface area contributed by atoms with E-state index in [-0.39, 0.29) is 11.5 Å². The molecule has 0 radical (unpaired) electrons. The maximum atomic E-state index is 10.6. The molecule has 2 aliphatic heterocycles. The van der Waals surface area contributed by atoms with Gasteiger partial charge in [-0.15, -0.1) is 0 Å². The fourth-order valence-corrected chi connectivity index (χ4v) is 5.53. The SMILES string of the molecule is COc1ccc2c3c1O[C@@H]1[C@H](O)C=C[C@@H]4[C@H](C2)[NH+](C)CC[C@]341. The molecule has 2 bridgehead atoms. The van der Waals surface area contributed by atoms with E-state index in [1.54, 1.807) is 12.0 Å². The predicted octanol–water partition coefficient (Wildman–Crippen LogP) is 0.0840. The van der Waals surface area contributed by atoms with Crippen LogP contribution in [0.15, 0.2) is 24.3 Å². The van der Waals surface area contributed by atoms with Gasteiger partial charge in [-0.05, 0) is 11.6 Å². The lowest BCUT2D eigenvalue weighted by molar-refractivity contribution is -0.917. The Labute approximate surface area is 130 Å². The van der Waals surface area contributed by atoms with Crippen molar-refractivity contribution in [3.63, 3.8) is 0 Å². The number of rotatable bonds is 1. The van der Waals surface area contributed by atoms with Crippen LogP contribution in [0.4, 0.5) is 0 Å². The highest BCUT2D eigenvalue weighted by Crippen LogP contribution is 2.60. The third kappa shape index (κ3) is 1.28. The third-order valence-electron chi connectivity index (χ3n) is 6.51. The molecule has 1 spiro atoms. The first-order valence-corrected chi connectivity index (χ1v) is 8.22. The van der Waals surface area contributed by atoms with Crippen LogP contribution in [0, 0.1) is 5.92 Å². The molecule has 0 saturated carbocycles. The van der Waals surface area contributed by atoms with E-state index in [9.17, 15) is 5.11 Å². The summed E-state index contributed by atoms with van der Waals surface area (Å²) in [4.78, 5) is 1.60. The largest absolute Gasteiger partial charge is 0.493 e. The number of benzene rings is 1. The van der Waals surface area contributed by atoms with Gasteiger partial charge in [0.25, 0.3) is 0 Å². The second-order valence-corrected chi connectivity index (χ2v) is 7.27. The second-order valence-electron chi connectivity index (χ2n) is 7.27. The Bertz CT molecular complexity index is 685. The molecule has 6 atom stereocenters. The van der Waals surface area contributed by atoms with Crippen LogP contribution in [0.5, 0.6) is 11.5 Å². The monoisotopic (exact) mass is 300 g/mol. The van der Waals surface area contributed by atoms with E-state index in [2.05, 4.69) is 19.2 Å². The van der Waals surface area contributed by atoms with Crippen LogP contribution in [0.1, 0.15) is 17.5 Å². The number of aliphatic hydroxyl groups excluding tert-OH is 1. The van der Waals surface area contributed by atoms with E-state index >= 15 is 0 Å². The number of nitrogens with one attached hydrogen (secondary N) is 1. The Kier molecular flexibility index (Phi) is 2.39. The molecule has 22 heavy (non-hydrogen) atoms. The summed E-state index contributed by atoms with van der Waals surface area (Å²) in [5.74, 6) is 2.14. The molecule has 1 aromatic rings. The van der Waals surface area contributed by atoms with Crippen molar-refractivity contribution in [3.8, 4) is 11.5 Å². The second kappa shape index (κ2) is 4.06. The van der Waals surface area contributed by atoms with Gasteiger partial charge in [-0.3, -0.25) is 0 Å². The van der Waals surface area contributed by atoms with E-state index in [0.29, 0.717) is 12.0 Å². The summed E-state index contributed by atoms with van der Waals surface area (Å²) in [6, 6.07) is 4.81. The highest BCUT2D eigenvalue weighted by molar-refractivity contribution is 5.61. The van der Waals surface area contributed by atoms with E-state index in [1.165, 1.54) is 11.1 Å². The zero-order valence-corrected chi connectivity index (χ0v) is 13.0. The normalized spacial score (nSPS) is 43.5. The van der Waals surface area contributed by atoms with Crippen molar-refractivity contribution in [2.75, 3.05) is 20.7 Å². The minimum absolute atomic E-state index is 0.0597. The van der Waals surface area contributed by atoms with Gasteiger partial charge in [0, 0.05) is 24.3 Å². The first-order valence-electron chi connectivity index (χ1n) is 8.22. The van der Waals surface area contributed by atoms with Crippen LogP contribution in [-0.2, 0) is 11.8 Å². The van der Waals surface area contributed by atoms with Crippen molar-refractivity contribution < 1.29 is 19.5 Å². The lowest BCUT2D eigenvalue weighted by Gasteiger charge is -2.54. The fourth-order valence-electron chi connectivity index (χ4n) is 5.53. The van der Waals surface area contributed by atoms with Crippen molar-refractivity contribution >= 4 is 0 Å². The van der Waals surface area contributed by atoms with E-state index < -0.39 is 6.10 Å². The molecule has 0 aromatic heterocycles. The molecule has 0 amide bonds. The number of piperidine rings is 1. The van der Waals surface area contributed by atoms with Crippen molar-refractivity contribution in [3.05, 3.63) is 35.4 Å². The van der Waals surface area contributed by atoms with Crippen LogP contribution < -0.4 is 14.4 Å². The molecule has 116 valence electrons. The standard InChI is InChI=1S/C18H21NO3/c1-19-8-7-18-11-4-5-13(20)17(18)22-16-14(21-2)6-3-10(15(16)18)9-12(11)19/h3-6,11-13,17,20H,7-9H2,1-2H3/p+1/t11-,12+,13-,17-,18-/m1/s1. The van der Waals surface area contributed by atoms with Gasteiger partial charge in [0.15, 0.2) is 11.5 Å². The smallest absolute Gasteiger partial charge is 0.165 e. The fraction of sp³-hybridized carbons (Fsp3) is 0.556. The average Bonchev–Trinajstić information content (AvgIpc) is 2.88. The molecule has 1 aromatic carbocycles. The van der Waals surface area contributed by atoms with Gasteiger partial charge in [-0.2, -0.15) is 0 Å². The molecule has 2 heterocycles. The molecule has 5 rings (SSSR count). The number of aliphatic hydroxyl groups is 1. The summed E-state index contributed by atoms with van der Waals surface area (Å²) in [7, 11) is 3.99. The third-order valence-corrected chi connectivity index (χ3v) is 6.51. The number of hydrogen-bond donors (Lipinski definition) is 2. The summed E-state index contributed by atoms with van der Waals surface area (Å²) >= 11 is 0. The maximum Gasteiger partial charge on any atom is 0.165 e. The Morgan fingerprint density at radius 1 is 1.36 bits per heavy atom. The summed E-state index contributed by atoms with van der Waals surface area (Å²) in [6.07, 6.45) is 5.67. The number of likely N-dealkylation sites (tertiary alicyclic amines) is 1. The summed E-state index contributed by atoms with van der Waals surface area (Å²) in [5.41, 5.74) is 2.66. The van der Waals surface area contributed by atoms with Crippen LogP contribution in [-0.4, -0.2) is 44.1 Å². The van der Waals surface area contributed by atoms with Gasteiger partial charge in [0.1, 0.15) is 12.2 Å². The van der Waals surface area contributed by atoms with Gasteiger partial charge in [-0.25, -0.2) is 0 Å². The van der Waals surface area contributed by atoms with Gasteiger partial charge in [0.05, 0.1) is 32.2 Å².